The Morgan fingerprint density at radius 3 is 2.75 bits per heavy atom. The summed E-state index contributed by atoms with van der Waals surface area (Å²) in [7, 11) is 0. The van der Waals surface area contributed by atoms with Crippen molar-refractivity contribution >= 4 is 27.5 Å². The van der Waals surface area contributed by atoms with Gasteiger partial charge in [0.25, 0.3) is 0 Å². The molecule has 1 aliphatic rings. The fraction of sp³-hybridized carbons (Fsp3) is 0.750. The van der Waals surface area contributed by atoms with Crippen LogP contribution in [0, 0.1) is 0 Å². The van der Waals surface area contributed by atoms with E-state index in [2.05, 4.69) is 39.6 Å². The number of aromatic nitrogens is 2. The summed E-state index contributed by atoms with van der Waals surface area (Å²) in [6.45, 7) is 4.30. The Bertz CT molecular complexity index is 362. The monoisotopic (exact) mass is 304 g/mol. The Morgan fingerprint density at radius 2 is 2.12 bits per heavy atom. The molecule has 0 N–H and O–H groups in total. The lowest BCUT2D eigenvalue weighted by Gasteiger charge is -2.29. The van der Waals surface area contributed by atoms with Gasteiger partial charge in [-0.05, 0) is 26.7 Å². The highest BCUT2D eigenvalue weighted by atomic mass is 79.9. The molecular weight excluding hydrogens is 288 g/mol. The van der Waals surface area contributed by atoms with Gasteiger partial charge in [0.1, 0.15) is 0 Å². The van der Waals surface area contributed by atoms with Crippen LogP contribution in [0.3, 0.4) is 0 Å². The van der Waals surface area contributed by atoms with Crippen molar-refractivity contribution < 1.29 is 0 Å². The molecule has 2 rings (SSSR count). The number of rotatable bonds is 2. The van der Waals surface area contributed by atoms with Gasteiger partial charge in [0.15, 0.2) is 0 Å². The van der Waals surface area contributed by atoms with Crippen molar-refractivity contribution in [3.05, 3.63) is 16.9 Å². The van der Waals surface area contributed by atoms with Crippen molar-refractivity contribution in [3.8, 4) is 0 Å². The first-order valence-corrected chi connectivity index (χ1v) is 7.27. The predicted molar refractivity (Wildman–Crippen MR) is 71.5 cm³/mol. The zero-order chi connectivity index (χ0) is 11.7. The molecule has 0 bridgehead atoms. The number of halogens is 2. The third-order valence-electron chi connectivity index (χ3n) is 3.31. The van der Waals surface area contributed by atoms with Crippen LogP contribution in [0.2, 0.25) is 5.02 Å². The fourth-order valence-corrected chi connectivity index (χ4v) is 3.61. The molecule has 16 heavy (non-hydrogen) atoms. The van der Waals surface area contributed by atoms with Crippen molar-refractivity contribution in [2.24, 2.45) is 0 Å². The van der Waals surface area contributed by atoms with Crippen LogP contribution >= 0.6 is 27.5 Å². The van der Waals surface area contributed by atoms with Gasteiger partial charge in [-0.1, -0.05) is 40.4 Å². The first-order chi connectivity index (χ1) is 7.61. The van der Waals surface area contributed by atoms with E-state index in [1.54, 1.807) is 6.20 Å². The summed E-state index contributed by atoms with van der Waals surface area (Å²) in [5.74, 6) is 0.520. The quantitative estimate of drug-likeness (QED) is 0.734. The molecule has 1 aromatic rings. The van der Waals surface area contributed by atoms with Crippen LogP contribution < -0.4 is 0 Å². The van der Waals surface area contributed by atoms with Crippen molar-refractivity contribution in [2.75, 3.05) is 0 Å². The van der Waals surface area contributed by atoms with Crippen LogP contribution in [0.15, 0.2) is 6.20 Å². The zero-order valence-corrected chi connectivity index (χ0v) is 12.1. The van der Waals surface area contributed by atoms with Gasteiger partial charge in [-0.15, -0.1) is 0 Å². The van der Waals surface area contributed by atoms with Gasteiger partial charge in [-0.2, -0.15) is 5.10 Å². The largest absolute Gasteiger partial charge is 0.265 e. The first-order valence-electron chi connectivity index (χ1n) is 5.98. The molecule has 90 valence electrons. The normalized spacial score (nSPS) is 26.3. The van der Waals surface area contributed by atoms with Gasteiger partial charge >= 0.3 is 0 Å². The second kappa shape index (κ2) is 5.09. The molecule has 0 saturated heterocycles. The molecule has 0 radical (unpaired) electrons. The Kier molecular flexibility index (Phi) is 3.96. The maximum absolute atomic E-state index is 6.28. The second-order valence-corrected chi connectivity index (χ2v) is 6.41. The van der Waals surface area contributed by atoms with E-state index in [-0.39, 0.29) is 0 Å². The van der Waals surface area contributed by atoms with Gasteiger partial charge in [-0.3, -0.25) is 4.68 Å². The minimum Gasteiger partial charge on any atom is -0.265 e. The highest BCUT2D eigenvalue weighted by molar-refractivity contribution is 9.09. The summed E-state index contributed by atoms with van der Waals surface area (Å²) < 4.78 is 2.08. The Morgan fingerprint density at radius 1 is 1.44 bits per heavy atom. The highest BCUT2D eigenvalue weighted by Crippen LogP contribution is 2.40. The smallest absolute Gasteiger partial charge is 0.0821 e. The lowest BCUT2D eigenvalue weighted by molar-refractivity contribution is 0.414. The molecule has 0 amide bonds. The average molecular weight is 306 g/mol. The van der Waals surface area contributed by atoms with E-state index in [0.717, 1.165) is 5.02 Å². The standard InChI is InChI=1S/C12H18BrClN2/c1-8(2)16-12(11(14)7-15-16)9-5-3-4-6-10(9)13/h7-10H,3-6H2,1-2H3. The molecule has 0 aromatic carbocycles. The minimum atomic E-state index is 0.379. The molecule has 2 unspecified atom stereocenters. The van der Waals surface area contributed by atoms with Gasteiger partial charge in [0.2, 0.25) is 0 Å². The van der Waals surface area contributed by atoms with Crippen molar-refractivity contribution in [3.63, 3.8) is 0 Å². The average Bonchev–Trinajstić information content (AvgIpc) is 2.61. The van der Waals surface area contributed by atoms with Crippen LogP contribution in [0.25, 0.3) is 0 Å². The SMILES string of the molecule is CC(C)n1ncc(Cl)c1C1CCCCC1Br. The summed E-state index contributed by atoms with van der Waals surface area (Å²) in [5.41, 5.74) is 1.22. The molecule has 1 heterocycles. The summed E-state index contributed by atoms with van der Waals surface area (Å²) in [6.07, 6.45) is 6.86. The molecule has 2 nitrogen and oxygen atoms in total. The van der Waals surface area contributed by atoms with Gasteiger partial charge in [0, 0.05) is 16.8 Å². The zero-order valence-electron chi connectivity index (χ0n) is 9.79. The Balaban J connectivity index is 2.33. The Hall–Kier alpha value is -0.0200. The van der Waals surface area contributed by atoms with Gasteiger partial charge < -0.3 is 0 Å². The lowest BCUT2D eigenvalue weighted by Crippen LogP contribution is -2.22. The van der Waals surface area contributed by atoms with E-state index in [1.807, 2.05) is 0 Å². The number of nitrogens with zero attached hydrogens (tertiary/aromatic N) is 2. The molecule has 1 fully saturated rings. The summed E-state index contributed by atoms with van der Waals surface area (Å²) in [6, 6.07) is 0.379. The molecule has 0 aliphatic heterocycles. The maximum Gasteiger partial charge on any atom is 0.0821 e. The molecule has 1 saturated carbocycles. The van der Waals surface area contributed by atoms with Crippen LogP contribution in [0.4, 0.5) is 0 Å². The number of hydrogen-bond acceptors (Lipinski definition) is 1. The van der Waals surface area contributed by atoms with E-state index >= 15 is 0 Å². The second-order valence-electron chi connectivity index (χ2n) is 4.82. The molecule has 1 aromatic heterocycles. The van der Waals surface area contributed by atoms with Crippen LogP contribution in [-0.4, -0.2) is 14.6 Å². The Labute approximate surface area is 110 Å². The molecule has 1 aliphatic carbocycles. The van der Waals surface area contributed by atoms with Crippen molar-refractivity contribution in [1.29, 1.82) is 0 Å². The fourth-order valence-electron chi connectivity index (χ4n) is 2.50. The van der Waals surface area contributed by atoms with E-state index in [1.165, 1.54) is 31.4 Å². The van der Waals surface area contributed by atoms with Gasteiger partial charge in [0.05, 0.1) is 16.9 Å². The van der Waals surface area contributed by atoms with Crippen molar-refractivity contribution in [2.45, 2.75) is 56.3 Å². The predicted octanol–water partition coefficient (Wildman–Crippen LogP) is 4.54. The number of alkyl halides is 1. The molecular formula is C12H18BrClN2. The molecule has 0 spiro atoms. The summed E-state index contributed by atoms with van der Waals surface area (Å²) >= 11 is 10.1. The van der Waals surface area contributed by atoms with E-state index in [9.17, 15) is 0 Å². The van der Waals surface area contributed by atoms with Gasteiger partial charge in [-0.25, -0.2) is 0 Å². The summed E-state index contributed by atoms with van der Waals surface area (Å²) in [5, 5.41) is 5.21. The lowest BCUT2D eigenvalue weighted by atomic mass is 9.86. The van der Waals surface area contributed by atoms with Crippen LogP contribution in [-0.2, 0) is 0 Å². The molecule has 2 atom stereocenters. The molecule has 4 heteroatoms. The maximum atomic E-state index is 6.28. The third kappa shape index (κ3) is 2.30. The van der Waals surface area contributed by atoms with E-state index in [0.29, 0.717) is 16.8 Å². The first kappa shape index (κ1) is 12.4. The summed E-state index contributed by atoms with van der Waals surface area (Å²) in [4.78, 5) is 0.549. The van der Waals surface area contributed by atoms with E-state index < -0.39 is 0 Å². The highest BCUT2D eigenvalue weighted by Gasteiger charge is 2.29. The van der Waals surface area contributed by atoms with Crippen LogP contribution in [0.1, 0.15) is 57.2 Å². The van der Waals surface area contributed by atoms with E-state index in [4.69, 9.17) is 11.6 Å². The minimum absolute atomic E-state index is 0.379. The third-order valence-corrected chi connectivity index (χ3v) is 4.70. The topological polar surface area (TPSA) is 17.8 Å². The van der Waals surface area contributed by atoms with Crippen molar-refractivity contribution in [1.82, 2.24) is 9.78 Å². The van der Waals surface area contributed by atoms with Crippen LogP contribution in [0.5, 0.6) is 0 Å². The number of hydrogen-bond donors (Lipinski definition) is 0.